The number of aromatic nitrogens is 2. The molecule has 2 aromatic rings. The standard InChI is InChI=1S/C15H17ClN4O2/c1-9-13(16)10(2)20(19-9)8-12(21)18-14(15(17)22)11-6-4-3-5-7-11/h3-7,14H,8H2,1-2H3,(H2,17,22)(H,18,21)/t14-/m1/s1. The monoisotopic (exact) mass is 320 g/mol. The number of primary amides is 1. The van der Waals surface area contributed by atoms with E-state index in [1.54, 1.807) is 38.1 Å². The summed E-state index contributed by atoms with van der Waals surface area (Å²) in [5, 5.41) is 7.33. The van der Waals surface area contributed by atoms with Crippen molar-refractivity contribution < 1.29 is 9.59 Å². The number of nitrogens with one attached hydrogen (secondary N) is 1. The van der Waals surface area contributed by atoms with Crippen LogP contribution in [0, 0.1) is 13.8 Å². The number of rotatable bonds is 5. The number of amides is 2. The summed E-state index contributed by atoms with van der Waals surface area (Å²) in [6.07, 6.45) is 0. The summed E-state index contributed by atoms with van der Waals surface area (Å²) < 4.78 is 1.50. The van der Waals surface area contributed by atoms with Crippen LogP contribution in [0.15, 0.2) is 30.3 Å². The average Bonchev–Trinajstić information content (AvgIpc) is 2.72. The molecule has 1 atom stereocenters. The van der Waals surface area contributed by atoms with Crippen molar-refractivity contribution in [1.82, 2.24) is 15.1 Å². The molecule has 0 saturated carbocycles. The van der Waals surface area contributed by atoms with E-state index in [4.69, 9.17) is 17.3 Å². The van der Waals surface area contributed by atoms with Gasteiger partial charge in [-0.15, -0.1) is 0 Å². The number of aryl methyl sites for hydroxylation is 1. The first-order valence-electron chi connectivity index (χ1n) is 6.73. The second-order valence-electron chi connectivity index (χ2n) is 4.96. The molecule has 2 rings (SSSR count). The molecule has 0 bridgehead atoms. The highest BCUT2D eigenvalue weighted by Gasteiger charge is 2.21. The fraction of sp³-hybridized carbons (Fsp3) is 0.267. The van der Waals surface area contributed by atoms with Crippen LogP contribution in [-0.4, -0.2) is 21.6 Å². The number of nitrogens with zero attached hydrogens (tertiary/aromatic N) is 2. The molecule has 1 heterocycles. The molecule has 0 fully saturated rings. The van der Waals surface area contributed by atoms with Gasteiger partial charge in [0.25, 0.3) is 0 Å². The molecule has 0 aliphatic carbocycles. The van der Waals surface area contributed by atoms with Gasteiger partial charge in [-0.1, -0.05) is 41.9 Å². The Bertz CT molecular complexity index is 697. The average molecular weight is 321 g/mol. The van der Waals surface area contributed by atoms with Crippen molar-refractivity contribution in [1.29, 1.82) is 0 Å². The summed E-state index contributed by atoms with van der Waals surface area (Å²) in [4.78, 5) is 23.7. The lowest BCUT2D eigenvalue weighted by Crippen LogP contribution is -2.39. The summed E-state index contributed by atoms with van der Waals surface area (Å²) in [7, 11) is 0. The van der Waals surface area contributed by atoms with E-state index in [0.29, 0.717) is 22.0 Å². The molecular weight excluding hydrogens is 304 g/mol. The van der Waals surface area contributed by atoms with Crippen molar-refractivity contribution in [3.8, 4) is 0 Å². The lowest BCUT2D eigenvalue weighted by Gasteiger charge is -2.16. The second kappa shape index (κ2) is 6.62. The first-order valence-corrected chi connectivity index (χ1v) is 7.11. The molecule has 116 valence electrons. The van der Waals surface area contributed by atoms with Crippen LogP contribution < -0.4 is 11.1 Å². The molecule has 2 amide bonds. The van der Waals surface area contributed by atoms with Gasteiger partial charge in [-0.2, -0.15) is 5.10 Å². The van der Waals surface area contributed by atoms with E-state index < -0.39 is 11.9 Å². The minimum absolute atomic E-state index is 0.0317. The Hall–Kier alpha value is -2.34. The van der Waals surface area contributed by atoms with E-state index in [-0.39, 0.29) is 12.5 Å². The number of carbonyl (C=O) groups is 2. The minimum Gasteiger partial charge on any atom is -0.368 e. The van der Waals surface area contributed by atoms with Crippen molar-refractivity contribution in [2.45, 2.75) is 26.4 Å². The Morgan fingerprint density at radius 1 is 1.32 bits per heavy atom. The molecule has 0 unspecified atom stereocenters. The zero-order valence-electron chi connectivity index (χ0n) is 12.3. The van der Waals surface area contributed by atoms with E-state index in [1.165, 1.54) is 4.68 Å². The van der Waals surface area contributed by atoms with E-state index >= 15 is 0 Å². The van der Waals surface area contributed by atoms with Crippen LogP contribution in [0.25, 0.3) is 0 Å². The zero-order chi connectivity index (χ0) is 16.3. The number of nitrogens with two attached hydrogens (primary N) is 1. The highest BCUT2D eigenvalue weighted by molar-refractivity contribution is 6.31. The zero-order valence-corrected chi connectivity index (χ0v) is 13.1. The Morgan fingerprint density at radius 3 is 2.45 bits per heavy atom. The molecule has 1 aromatic carbocycles. The third-order valence-electron chi connectivity index (χ3n) is 3.31. The lowest BCUT2D eigenvalue weighted by molar-refractivity contribution is -0.128. The third kappa shape index (κ3) is 3.46. The molecule has 22 heavy (non-hydrogen) atoms. The fourth-order valence-corrected chi connectivity index (χ4v) is 2.27. The van der Waals surface area contributed by atoms with Gasteiger partial charge in [-0.3, -0.25) is 14.3 Å². The van der Waals surface area contributed by atoms with Gasteiger partial charge in [0.05, 0.1) is 16.4 Å². The van der Waals surface area contributed by atoms with E-state index in [2.05, 4.69) is 10.4 Å². The van der Waals surface area contributed by atoms with Crippen LogP contribution >= 0.6 is 11.6 Å². The van der Waals surface area contributed by atoms with Gasteiger partial charge in [0.2, 0.25) is 11.8 Å². The fourth-order valence-electron chi connectivity index (χ4n) is 2.14. The Kier molecular flexibility index (Phi) is 4.82. The van der Waals surface area contributed by atoms with Crippen molar-refractivity contribution in [3.63, 3.8) is 0 Å². The largest absolute Gasteiger partial charge is 0.368 e. The summed E-state index contributed by atoms with van der Waals surface area (Å²) in [6.45, 7) is 3.51. The van der Waals surface area contributed by atoms with Crippen LogP contribution in [0.4, 0.5) is 0 Å². The van der Waals surface area contributed by atoms with Crippen LogP contribution in [0.5, 0.6) is 0 Å². The van der Waals surface area contributed by atoms with Gasteiger partial charge in [0, 0.05) is 0 Å². The van der Waals surface area contributed by atoms with E-state index in [9.17, 15) is 9.59 Å². The number of benzene rings is 1. The lowest BCUT2D eigenvalue weighted by atomic mass is 10.1. The molecule has 0 saturated heterocycles. The van der Waals surface area contributed by atoms with Gasteiger partial charge >= 0.3 is 0 Å². The Balaban J connectivity index is 2.12. The molecule has 0 aliphatic heterocycles. The van der Waals surface area contributed by atoms with Gasteiger partial charge in [-0.05, 0) is 19.4 Å². The normalized spacial score (nSPS) is 12.0. The molecule has 6 nitrogen and oxygen atoms in total. The molecule has 0 radical (unpaired) electrons. The SMILES string of the molecule is Cc1nn(CC(=O)N[C@@H](C(N)=O)c2ccccc2)c(C)c1Cl. The second-order valence-corrected chi connectivity index (χ2v) is 5.33. The summed E-state index contributed by atoms with van der Waals surface area (Å²) in [5.74, 6) is -0.985. The van der Waals surface area contributed by atoms with E-state index in [1.807, 2.05) is 6.07 Å². The molecular formula is C15H17ClN4O2. The summed E-state index contributed by atoms with van der Waals surface area (Å²) in [5.41, 5.74) is 7.36. The van der Waals surface area contributed by atoms with Gasteiger partial charge in [-0.25, -0.2) is 0 Å². The molecule has 0 spiro atoms. The molecule has 3 N–H and O–H groups in total. The van der Waals surface area contributed by atoms with E-state index in [0.717, 1.165) is 0 Å². The van der Waals surface area contributed by atoms with Crippen LogP contribution in [0.1, 0.15) is 23.0 Å². The summed E-state index contributed by atoms with van der Waals surface area (Å²) in [6, 6.07) is 7.96. The maximum atomic E-state index is 12.2. The number of hydrogen-bond donors (Lipinski definition) is 2. The first-order chi connectivity index (χ1) is 10.4. The molecule has 7 heteroatoms. The predicted octanol–water partition coefficient (Wildman–Crippen LogP) is 1.50. The van der Waals surface area contributed by atoms with Gasteiger partial charge in [0.1, 0.15) is 12.6 Å². The Labute approximate surface area is 133 Å². The van der Waals surface area contributed by atoms with Crippen LogP contribution in [0.2, 0.25) is 5.02 Å². The number of carbonyl (C=O) groups excluding carboxylic acids is 2. The first kappa shape index (κ1) is 16.0. The molecule has 1 aromatic heterocycles. The van der Waals surface area contributed by atoms with Crippen molar-refractivity contribution in [2.24, 2.45) is 5.73 Å². The number of hydrogen-bond acceptors (Lipinski definition) is 3. The maximum Gasteiger partial charge on any atom is 0.244 e. The minimum atomic E-state index is -0.874. The Morgan fingerprint density at radius 2 is 1.95 bits per heavy atom. The smallest absolute Gasteiger partial charge is 0.244 e. The maximum absolute atomic E-state index is 12.2. The van der Waals surface area contributed by atoms with Crippen LogP contribution in [0.3, 0.4) is 0 Å². The van der Waals surface area contributed by atoms with Crippen LogP contribution in [-0.2, 0) is 16.1 Å². The highest BCUT2D eigenvalue weighted by Crippen LogP contribution is 2.19. The summed E-state index contributed by atoms with van der Waals surface area (Å²) >= 11 is 6.04. The molecule has 0 aliphatic rings. The highest BCUT2D eigenvalue weighted by atomic mass is 35.5. The van der Waals surface area contributed by atoms with Crippen molar-refractivity contribution in [2.75, 3.05) is 0 Å². The number of halogens is 1. The van der Waals surface area contributed by atoms with Crippen molar-refractivity contribution in [3.05, 3.63) is 52.3 Å². The van der Waals surface area contributed by atoms with Crippen molar-refractivity contribution >= 4 is 23.4 Å². The third-order valence-corrected chi connectivity index (χ3v) is 3.86. The predicted molar refractivity (Wildman–Crippen MR) is 83.2 cm³/mol. The quantitative estimate of drug-likeness (QED) is 0.874. The topological polar surface area (TPSA) is 90.0 Å². The van der Waals surface area contributed by atoms with Gasteiger partial charge in [0.15, 0.2) is 0 Å². The van der Waals surface area contributed by atoms with Gasteiger partial charge < -0.3 is 11.1 Å².